The van der Waals surface area contributed by atoms with E-state index in [2.05, 4.69) is 16.0 Å². The van der Waals surface area contributed by atoms with Gasteiger partial charge in [0.2, 0.25) is 0 Å². The van der Waals surface area contributed by atoms with Crippen molar-refractivity contribution in [2.75, 3.05) is 30.9 Å². The monoisotopic (exact) mass is 333 g/mol. The van der Waals surface area contributed by atoms with Crippen LogP contribution in [0.25, 0.3) is 0 Å². The number of rotatable bonds is 7. The summed E-state index contributed by atoms with van der Waals surface area (Å²) < 4.78 is 4.91. The van der Waals surface area contributed by atoms with E-state index in [-0.39, 0.29) is 11.9 Å². The average molecular weight is 333 g/mol. The summed E-state index contributed by atoms with van der Waals surface area (Å²) >= 11 is 1.38. The third-order valence-corrected chi connectivity index (χ3v) is 3.80. The number of ether oxygens (including phenoxy) is 1. The molecule has 0 atom stereocenters. The van der Waals surface area contributed by atoms with Gasteiger partial charge in [0.15, 0.2) is 0 Å². The molecule has 0 saturated heterocycles. The fourth-order valence-electron chi connectivity index (χ4n) is 1.87. The van der Waals surface area contributed by atoms with Crippen LogP contribution in [0.2, 0.25) is 0 Å². The minimum atomic E-state index is -0.289. The van der Waals surface area contributed by atoms with Gasteiger partial charge >= 0.3 is 6.03 Å². The van der Waals surface area contributed by atoms with Crippen LogP contribution in [-0.4, -0.2) is 32.2 Å². The van der Waals surface area contributed by atoms with Gasteiger partial charge in [0.1, 0.15) is 0 Å². The summed E-state index contributed by atoms with van der Waals surface area (Å²) in [5.74, 6) is -0.166. The van der Waals surface area contributed by atoms with E-state index >= 15 is 0 Å². The van der Waals surface area contributed by atoms with E-state index in [0.29, 0.717) is 29.4 Å². The number of hydrogen-bond acceptors (Lipinski definition) is 4. The molecule has 2 rings (SSSR count). The molecule has 0 aliphatic carbocycles. The number of hydrogen-bond donors (Lipinski definition) is 3. The zero-order valence-corrected chi connectivity index (χ0v) is 13.6. The van der Waals surface area contributed by atoms with Crippen LogP contribution in [0.15, 0.2) is 41.8 Å². The van der Waals surface area contributed by atoms with Gasteiger partial charge in [-0.15, -0.1) is 11.3 Å². The predicted octanol–water partition coefficient (Wildman–Crippen LogP) is 3.16. The Balaban J connectivity index is 1.87. The standard InChI is InChI=1S/C16H19N3O3S/c1-22-9-4-8-17-16(21)19-13-6-2-5-12(11-13)18-15(20)14-7-3-10-23-14/h2-3,5-7,10-11H,4,8-9H2,1H3,(H,18,20)(H2,17,19,21). The van der Waals surface area contributed by atoms with E-state index in [4.69, 9.17) is 4.74 Å². The van der Waals surface area contributed by atoms with Gasteiger partial charge < -0.3 is 20.7 Å². The largest absolute Gasteiger partial charge is 0.385 e. The lowest BCUT2D eigenvalue weighted by Gasteiger charge is -2.09. The highest BCUT2D eigenvalue weighted by Gasteiger charge is 2.07. The Morgan fingerprint density at radius 3 is 2.61 bits per heavy atom. The van der Waals surface area contributed by atoms with Crippen molar-refractivity contribution < 1.29 is 14.3 Å². The molecule has 1 aromatic heterocycles. The number of carbonyl (C=O) groups excluding carboxylic acids is 2. The Kier molecular flexibility index (Phi) is 6.58. The van der Waals surface area contributed by atoms with E-state index in [0.717, 1.165) is 6.42 Å². The van der Waals surface area contributed by atoms with Crippen LogP contribution in [0, 0.1) is 0 Å². The summed E-state index contributed by atoms with van der Waals surface area (Å²) in [6, 6.07) is 10.3. The van der Waals surface area contributed by atoms with Crippen molar-refractivity contribution in [2.45, 2.75) is 6.42 Å². The first-order valence-corrected chi connectivity index (χ1v) is 8.05. The summed E-state index contributed by atoms with van der Waals surface area (Å²) in [4.78, 5) is 24.4. The maximum atomic E-state index is 12.0. The first-order chi connectivity index (χ1) is 11.2. The fourth-order valence-corrected chi connectivity index (χ4v) is 2.49. The molecule has 3 N–H and O–H groups in total. The van der Waals surface area contributed by atoms with Crippen molar-refractivity contribution in [2.24, 2.45) is 0 Å². The van der Waals surface area contributed by atoms with E-state index in [1.165, 1.54) is 11.3 Å². The third kappa shape index (κ3) is 5.72. The summed E-state index contributed by atoms with van der Waals surface area (Å²) in [6.07, 6.45) is 0.751. The molecule has 122 valence electrons. The zero-order chi connectivity index (χ0) is 16.5. The van der Waals surface area contributed by atoms with E-state index < -0.39 is 0 Å². The second-order valence-corrected chi connectivity index (χ2v) is 5.69. The molecule has 6 nitrogen and oxygen atoms in total. The molecule has 1 aromatic carbocycles. The van der Waals surface area contributed by atoms with Crippen molar-refractivity contribution >= 4 is 34.6 Å². The zero-order valence-electron chi connectivity index (χ0n) is 12.8. The Bertz CT molecular complexity index is 644. The van der Waals surface area contributed by atoms with E-state index in [1.807, 2.05) is 11.4 Å². The number of amides is 3. The molecule has 0 saturated carbocycles. The topological polar surface area (TPSA) is 79.5 Å². The van der Waals surface area contributed by atoms with Crippen LogP contribution < -0.4 is 16.0 Å². The van der Waals surface area contributed by atoms with Crippen molar-refractivity contribution in [1.29, 1.82) is 0 Å². The van der Waals surface area contributed by atoms with Crippen molar-refractivity contribution in [3.63, 3.8) is 0 Å². The Labute approximate surface area is 138 Å². The van der Waals surface area contributed by atoms with E-state index in [9.17, 15) is 9.59 Å². The molecule has 0 bridgehead atoms. The lowest BCUT2D eigenvalue weighted by atomic mass is 10.2. The molecule has 3 amide bonds. The molecular weight excluding hydrogens is 314 g/mol. The van der Waals surface area contributed by atoms with Crippen LogP contribution in [0.5, 0.6) is 0 Å². The highest BCUT2D eigenvalue weighted by atomic mass is 32.1. The minimum Gasteiger partial charge on any atom is -0.385 e. The van der Waals surface area contributed by atoms with Gasteiger partial charge in [-0.05, 0) is 36.1 Å². The van der Waals surface area contributed by atoms with E-state index in [1.54, 1.807) is 37.4 Å². The second kappa shape index (κ2) is 8.92. The molecule has 0 unspecified atom stereocenters. The number of benzene rings is 1. The maximum absolute atomic E-state index is 12.0. The van der Waals surface area contributed by atoms with Crippen LogP contribution in [-0.2, 0) is 4.74 Å². The molecule has 0 aliphatic rings. The SMILES string of the molecule is COCCCNC(=O)Nc1cccc(NC(=O)c2cccs2)c1. The normalized spacial score (nSPS) is 10.1. The summed E-state index contributed by atoms with van der Waals surface area (Å²) in [6.45, 7) is 1.14. The van der Waals surface area contributed by atoms with Crippen molar-refractivity contribution in [3.8, 4) is 0 Å². The Morgan fingerprint density at radius 2 is 1.91 bits per heavy atom. The summed E-state index contributed by atoms with van der Waals surface area (Å²) in [7, 11) is 1.62. The molecule has 0 spiro atoms. The van der Waals surface area contributed by atoms with Gasteiger partial charge in [-0.2, -0.15) is 0 Å². The molecule has 0 aliphatic heterocycles. The van der Waals surface area contributed by atoms with Crippen LogP contribution >= 0.6 is 11.3 Å². The quantitative estimate of drug-likeness (QED) is 0.681. The third-order valence-electron chi connectivity index (χ3n) is 2.93. The summed E-state index contributed by atoms with van der Waals surface area (Å²) in [5.41, 5.74) is 1.24. The summed E-state index contributed by atoms with van der Waals surface area (Å²) in [5, 5.41) is 10.1. The fraction of sp³-hybridized carbons (Fsp3) is 0.250. The predicted molar refractivity (Wildman–Crippen MR) is 92.2 cm³/mol. The Morgan fingerprint density at radius 1 is 1.13 bits per heavy atom. The smallest absolute Gasteiger partial charge is 0.319 e. The number of thiophene rings is 1. The molecule has 0 radical (unpaired) electrons. The number of urea groups is 1. The van der Waals surface area contributed by atoms with Gasteiger partial charge in [-0.25, -0.2) is 4.79 Å². The van der Waals surface area contributed by atoms with Gasteiger partial charge in [0.25, 0.3) is 5.91 Å². The molecule has 1 heterocycles. The van der Waals surface area contributed by atoms with Crippen molar-refractivity contribution in [3.05, 3.63) is 46.7 Å². The second-order valence-electron chi connectivity index (χ2n) is 4.74. The maximum Gasteiger partial charge on any atom is 0.319 e. The number of nitrogens with one attached hydrogen (secondary N) is 3. The highest BCUT2D eigenvalue weighted by molar-refractivity contribution is 7.12. The number of carbonyl (C=O) groups is 2. The van der Waals surface area contributed by atoms with Gasteiger partial charge in [0.05, 0.1) is 4.88 Å². The highest BCUT2D eigenvalue weighted by Crippen LogP contribution is 2.17. The van der Waals surface area contributed by atoms with Crippen LogP contribution in [0.1, 0.15) is 16.1 Å². The molecule has 7 heteroatoms. The number of methoxy groups -OCH3 is 1. The Hall–Kier alpha value is -2.38. The number of anilines is 2. The first kappa shape index (κ1) is 17.0. The van der Waals surface area contributed by atoms with Crippen LogP contribution in [0.3, 0.4) is 0 Å². The molecular formula is C16H19N3O3S. The lowest BCUT2D eigenvalue weighted by molar-refractivity contribution is 0.103. The lowest BCUT2D eigenvalue weighted by Crippen LogP contribution is -2.30. The molecule has 23 heavy (non-hydrogen) atoms. The average Bonchev–Trinajstić information content (AvgIpc) is 3.06. The molecule has 0 fully saturated rings. The van der Waals surface area contributed by atoms with Gasteiger partial charge in [0, 0.05) is 31.6 Å². The minimum absolute atomic E-state index is 0.166. The molecule has 2 aromatic rings. The van der Waals surface area contributed by atoms with Crippen molar-refractivity contribution in [1.82, 2.24) is 5.32 Å². The van der Waals surface area contributed by atoms with Gasteiger partial charge in [-0.3, -0.25) is 4.79 Å². The van der Waals surface area contributed by atoms with Crippen LogP contribution in [0.4, 0.5) is 16.2 Å². The van der Waals surface area contributed by atoms with Gasteiger partial charge in [-0.1, -0.05) is 12.1 Å². The first-order valence-electron chi connectivity index (χ1n) is 7.18.